The van der Waals surface area contributed by atoms with Crippen molar-refractivity contribution >= 4 is 34.0 Å². The normalized spacial score (nSPS) is 14.7. The fourth-order valence-corrected chi connectivity index (χ4v) is 4.81. The predicted molar refractivity (Wildman–Crippen MR) is 114 cm³/mol. The third-order valence-electron chi connectivity index (χ3n) is 5.55. The van der Waals surface area contributed by atoms with Crippen LogP contribution in [0.15, 0.2) is 47.8 Å². The van der Waals surface area contributed by atoms with Gasteiger partial charge in [-0.15, -0.1) is 11.3 Å². The van der Waals surface area contributed by atoms with Crippen LogP contribution in [-0.2, 0) is 11.3 Å². The van der Waals surface area contributed by atoms with Crippen LogP contribution in [0.1, 0.15) is 58.0 Å². The first-order chi connectivity index (χ1) is 14.2. The van der Waals surface area contributed by atoms with Gasteiger partial charge < -0.3 is 9.64 Å². The van der Waals surface area contributed by atoms with Crippen LogP contribution in [-0.4, -0.2) is 34.9 Å². The number of benzene rings is 2. The number of fused-ring (bicyclic) bond motifs is 1. The largest absolute Gasteiger partial charge is 0.464 e. The summed E-state index contributed by atoms with van der Waals surface area (Å²) < 4.78 is 4.76. The Morgan fingerprint density at radius 2 is 1.86 bits per heavy atom. The number of carbonyl (C=O) groups excluding carboxylic acids is 2. The number of methoxy groups -OCH3 is 1. The van der Waals surface area contributed by atoms with Crippen LogP contribution < -0.4 is 0 Å². The number of amides is 1. The summed E-state index contributed by atoms with van der Waals surface area (Å²) in [6, 6.07) is 14.0. The van der Waals surface area contributed by atoms with E-state index in [9.17, 15) is 9.59 Å². The van der Waals surface area contributed by atoms with Crippen molar-refractivity contribution in [1.29, 1.82) is 0 Å². The molecule has 1 heterocycles. The van der Waals surface area contributed by atoms with E-state index in [1.807, 2.05) is 47.4 Å². The predicted octanol–water partition coefficient (Wildman–Crippen LogP) is 5.06. The topological polar surface area (TPSA) is 59.5 Å². The molecule has 2 aromatic carbocycles. The minimum absolute atomic E-state index is 0.0310. The van der Waals surface area contributed by atoms with Crippen LogP contribution in [0, 0.1) is 0 Å². The van der Waals surface area contributed by atoms with Crippen molar-refractivity contribution in [2.24, 2.45) is 0 Å². The van der Waals surface area contributed by atoms with Gasteiger partial charge in [0.25, 0.3) is 5.91 Å². The Hall–Kier alpha value is -2.73. The first-order valence-electron chi connectivity index (χ1n) is 9.99. The van der Waals surface area contributed by atoms with E-state index < -0.39 is 5.97 Å². The van der Waals surface area contributed by atoms with Gasteiger partial charge in [-0.05, 0) is 29.7 Å². The van der Waals surface area contributed by atoms with Gasteiger partial charge in [-0.1, -0.05) is 55.7 Å². The molecule has 1 amide bonds. The SMILES string of the molecule is COC(=O)c1csc(CN(C(=O)c2cccc3ccccc23)C2CCCCC2)n1. The average Bonchev–Trinajstić information content (AvgIpc) is 3.25. The van der Waals surface area contributed by atoms with Crippen LogP contribution in [0.25, 0.3) is 10.8 Å². The van der Waals surface area contributed by atoms with Crippen molar-refractivity contribution in [2.75, 3.05) is 7.11 Å². The van der Waals surface area contributed by atoms with Gasteiger partial charge in [0.1, 0.15) is 5.01 Å². The van der Waals surface area contributed by atoms with E-state index in [0.717, 1.165) is 47.0 Å². The molecule has 150 valence electrons. The number of aromatic nitrogens is 1. The Morgan fingerprint density at radius 3 is 2.66 bits per heavy atom. The van der Waals surface area contributed by atoms with Gasteiger partial charge in [0.15, 0.2) is 5.69 Å². The minimum Gasteiger partial charge on any atom is -0.464 e. The first-order valence-corrected chi connectivity index (χ1v) is 10.9. The van der Waals surface area contributed by atoms with Crippen LogP contribution in [0.3, 0.4) is 0 Å². The van der Waals surface area contributed by atoms with Gasteiger partial charge in [0.05, 0.1) is 13.7 Å². The molecule has 6 heteroatoms. The molecule has 3 aromatic rings. The molecule has 0 N–H and O–H groups in total. The lowest BCUT2D eigenvalue weighted by atomic mass is 9.93. The van der Waals surface area contributed by atoms with Crippen molar-refractivity contribution < 1.29 is 14.3 Å². The lowest BCUT2D eigenvalue weighted by Crippen LogP contribution is -2.41. The van der Waals surface area contributed by atoms with Crippen molar-refractivity contribution in [3.8, 4) is 0 Å². The van der Waals surface area contributed by atoms with Crippen LogP contribution in [0.4, 0.5) is 0 Å². The first kappa shape index (κ1) is 19.6. The van der Waals surface area contributed by atoms with Crippen molar-refractivity contribution in [3.05, 3.63) is 64.1 Å². The van der Waals surface area contributed by atoms with Gasteiger partial charge >= 0.3 is 5.97 Å². The highest BCUT2D eigenvalue weighted by atomic mass is 32.1. The van der Waals surface area contributed by atoms with Crippen molar-refractivity contribution in [2.45, 2.75) is 44.7 Å². The second-order valence-corrected chi connectivity index (χ2v) is 8.31. The van der Waals surface area contributed by atoms with E-state index in [-0.39, 0.29) is 11.9 Å². The molecule has 1 aromatic heterocycles. The standard InChI is InChI=1S/C23H24N2O3S/c1-28-23(27)20-15-29-21(24-20)14-25(17-10-3-2-4-11-17)22(26)19-13-7-9-16-8-5-6-12-18(16)19/h5-9,12-13,15,17H,2-4,10-11,14H2,1H3. The summed E-state index contributed by atoms with van der Waals surface area (Å²) in [7, 11) is 1.35. The van der Waals surface area contributed by atoms with Gasteiger partial charge in [-0.3, -0.25) is 4.79 Å². The number of esters is 1. The molecule has 0 saturated heterocycles. The van der Waals surface area contributed by atoms with Crippen LogP contribution in [0.2, 0.25) is 0 Å². The fourth-order valence-electron chi connectivity index (χ4n) is 4.05. The highest BCUT2D eigenvalue weighted by Gasteiger charge is 2.28. The molecule has 0 aliphatic heterocycles. The zero-order valence-electron chi connectivity index (χ0n) is 16.5. The Balaban J connectivity index is 1.67. The monoisotopic (exact) mass is 408 g/mol. The molecule has 1 aliphatic carbocycles. The number of rotatable bonds is 5. The van der Waals surface area contributed by atoms with Gasteiger partial charge in [0, 0.05) is 17.0 Å². The third-order valence-corrected chi connectivity index (χ3v) is 6.38. The van der Waals surface area contributed by atoms with E-state index in [0.29, 0.717) is 12.2 Å². The Bertz CT molecular complexity index is 1020. The summed E-state index contributed by atoms with van der Waals surface area (Å²) in [6.45, 7) is 0.411. The highest BCUT2D eigenvalue weighted by Crippen LogP contribution is 2.28. The smallest absolute Gasteiger partial charge is 0.357 e. The van der Waals surface area contributed by atoms with E-state index in [1.165, 1.54) is 24.9 Å². The summed E-state index contributed by atoms with van der Waals surface area (Å²) >= 11 is 1.40. The van der Waals surface area contributed by atoms with Gasteiger partial charge in [-0.25, -0.2) is 9.78 Å². The molecule has 0 atom stereocenters. The number of hydrogen-bond acceptors (Lipinski definition) is 5. The van der Waals surface area contributed by atoms with Gasteiger partial charge in [0.2, 0.25) is 0 Å². The minimum atomic E-state index is -0.447. The quantitative estimate of drug-likeness (QED) is 0.554. The molecule has 0 bridgehead atoms. The molecule has 1 saturated carbocycles. The van der Waals surface area contributed by atoms with E-state index in [4.69, 9.17) is 4.74 Å². The number of carbonyl (C=O) groups is 2. The molecular weight excluding hydrogens is 384 g/mol. The number of ether oxygens (including phenoxy) is 1. The maximum absolute atomic E-state index is 13.7. The number of hydrogen-bond donors (Lipinski definition) is 0. The average molecular weight is 409 g/mol. The van der Waals surface area contributed by atoms with Gasteiger partial charge in [-0.2, -0.15) is 0 Å². The Labute approximate surface area is 174 Å². The highest BCUT2D eigenvalue weighted by molar-refractivity contribution is 7.09. The third kappa shape index (κ3) is 4.17. The van der Waals surface area contributed by atoms with Crippen LogP contribution >= 0.6 is 11.3 Å². The molecule has 1 fully saturated rings. The second-order valence-electron chi connectivity index (χ2n) is 7.37. The Morgan fingerprint density at radius 1 is 1.10 bits per heavy atom. The molecule has 0 radical (unpaired) electrons. The second kappa shape index (κ2) is 8.74. The molecular formula is C23H24N2O3S. The summed E-state index contributed by atoms with van der Waals surface area (Å²) in [6.07, 6.45) is 5.50. The zero-order chi connectivity index (χ0) is 20.2. The van der Waals surface area contributed by atoms with Crippen LogP contribution in [0.5, 0.6) is 0 Å². The lowest BCUT2D eigenvalue weighted by molar-refractivity contribution is 0.0594. The Kier molecular flexibility index (Phi) is 5.90. The number of nitrogens with zero attached hydrogens (tertiary/aromatic N) is 2. The maximum atomic E-state index is 13.7. The summed E-state index contributed by atoms with van der Waals surface area (Å²) in [5, 5.41) is 4.48. The van der Waals surface area contributed by atoms with E-state index in [1.54, 1.807) is 5.38 Å². The number of thiazole rings is 1. The summed E-state index contributed by atoms with van der Waals surface area (Å²) in [4.78, 5) is 31.8. The molecule has 4 rings (SSSR count). The molecule has 0 unspecified atom stereocenters. The maximum Gasteiger partial charge on any atom is 0.357 e. The molecule has 1 aliphatic rings. The fraction of sp³-hybridized carbons (Fsp3) is 0.348. The van der Waals surface area contributed by atoms with Crippen molar-refractivity contribution in [3.63, 3.8) is 0 Å². The molecule has 0 spiro atoms. The molecule has 29 heavy (non-hydrogen) atoms. The summed E-state index contributed by atoms with van der Waals surface area (Å²) in [5.41, 5.74) is 1.02. The summed E-state index contributed by atoms with van der Waals surface area (Å²) in [5.74, 6) is -0.416. The molecule has 5 nitrogen and oxygen atoms in total. The van der Waals surface area contributed by atoms with Crippen molar-refractivity contribution in [1.82, 2.24) is 9.88 Å². The van der Waals surface area contributed by atoms with E-state index in [2.05, 4.69) is 4.98 Å². The lowest BCUT2D eigenvalue weighted by Gasteiger charge is -2.34. The van der Waals surface area contributed by atoms with E-state index >= 15 is 0 Å². The zero-order valence-corrected chi connectivity index (χ0v) is 17.3.